The van der Waals surface area contributed by atoms with Crippen molar-refractivity contribution in [2.45, 2.75) is 25.8 Å². The van der Waals surface area contributed by atoms with Crippen molar-refractivity contribution in [3.8, 4) is 0 Å². The highest BCUT2D eigenvalue weighted by molar-refractivity contribution is 9.10. The third-order valence-electron chi connectivity index (χ3n) is 6.81. The summed E-state index contributed by atoms with van der Waals surface area (Å²) in [6.07, 6.45) is 4.01. The maximum absolute atomic E-state index is 13.9. The zero-order chi connectivity index (χ0) is 23.7. The van der Waals surface area contributed by atoms with E-state index >= 15 is 0 Å². The molecule has 2 N–H and O–H groups in total. The molecule has 3 aliphatic rings. The van der Waals surface area contributed by atoms with E-state index in [1.807, 2.05) is 5.38 Å². The molecule has 7 nitrogen and oxygen atoms in total. The van der Waals surface area contributed by atoms with Crippen LogP contribution in [0.1, 0.15) is 36.4 Å². The minimum atomic E-state index is -0.642. The summed E-state index contributed by atoms with van der Waals surface area (Å²) >= 11 is 4.95. The van der Waals surface area contributed by atoms with Gasteiger partial charge in [0.05, 0.1) is 12.2 Å². The van der Waals surface area contributed by atoms with Gasteiger partial charge in [0, 0.05) is 41.4 Å². The number of likely N-dealkylation sites (tertiary alicyclic amines) is 1. The molecule has 3 aliphatic heterocycles. The SMILES string of the molecule is CCOC(=O)C1=C(CN2CCC3(CC2)CNC3)NC(c2nccs2)=NC1c1ccc(F)cc1Br. The summed E-state index contributed by atoms with van der Waals surface area (Å²) in [5.74, 6) is -0.163. The quantitative estimate of drug-likeness (QED) is 0.537. The van der Waals surface area contributed by atoms with Gasteiger partial charge in [-0.3, -0.25) is 9.89 Å². The van der Waals surface area contributed by atoms with Gasteiger partial charge in [0.25, 0.3) is 0 Å². The predicted octanol–water partition coefficient (Wildman–Crippen LogP) is 3.64. The van der Waals surface area contributed by atoms with Gasteiger partial charge in [-0.1, -0.05) is 22.0 Å². The fourth-order valence-electron chi connectivity index (χ4n) is 4.81. The van der Waals surface area contributed by atoms with E-state index in [1.54, 1.807) is 19.2 Å². The third kappa shape index (κ3) is 4.68. The van der Waals surface area contributed by atoms with E-state index in [4.69, 9.17) is 9.73 Å². The number of esters is 1. The van der Waals surface area contributed by atoms with Crippen LogP contribution in [0.2, 0.25) is 0 Å². The number of piperidine rings is 1. The lowest BCUT2D eigenvalue weighted by atomic mass is 9.73. The van der Waals surface area contributed by atoms with E-state index in [1.165, 1.54) is 23.5 Å². The Balaban J connectivity index is 1.53. The average Bonchev–Trinajstić information content (AvgIpc) is 3.33. The minimum absolute atomic E-state index is 0.259. The number of carbonyl (C=O) groups excluding carboxylic acids is 1. The van der Waals surface area contributed by atoms with Crippen LogP contribution < -0.4 is 10.6 Å². The summed E-state index contributed by atoms with van der Waals surface area (Å²) in [6.45, 7) is 6.76. The molecule has 0 bridgehead atoms. The van der Waals surface area contributed by atoms with Crippen LogP contribution in [0.15, 0.2) is 50.5 Å². The highest BCUT2D eigenvalue weighted by Gasteiger charge is 2.40. The van der Waals surface area contributed by atoms with E-state index in [2.05, 4.69) is 36.4 Å². The lowest BCUT2D eigenvalue weighted by Crippen LogP contribution is -2.58. The van der Waals surface area contributed by atoms with Crippen LogP contribution in [0, 0.1) is 11.2 Å². The van der Waals surface area contributed by atoms with E-state index in [0.29, 0.717) is 33.4 Å². The lowest BCUT2D eigenvalue weighted by Gasteiger charge is -2.48. The molecule has 2 fully saturated rings. The molecule has 1 spiro atoms. The van der Waals surface area contributed by atoms with Crippen molar-refractivity contribution in [2.24, 2.45) is 10.4 Å². The predicted molar refractivity (Wildman–Crippen MR) is 133 cm³/mol. The Morgan fingerprint density at radius 3 is 2.76 bits per heavy atom. The van der Waals surface area contributed by atoms with Crippen LogP contribution in [-0.4, -0.2) is 61.0 Å². The summed E-state index contributed by atoms with van der Waals surface area (Å²) in [5.41, 5.74) is 2.36. The van der Waals surface area contributed by atoms with Gasteiger partial charge >= 0.3 is 5.97 Å². The Kier molecular flexibility index (Phi) is 6.83. The highest BCUT2D eigenvalue weighted by atomic mass is 79.9. The normalized spacial score (nSPS) is 22.2. The van der Waals surface area contributed by atoms with Crippen LogP contribution in [0.4, 0.5) is 4.39 Å². The molecule has 0 amide bonds. The molecule has 1 aromatic carbocycles. The van der Waals surface area contributed by atoms with Gasteiger partial charge < -0.3 is 15.4 Å². The van der Waals surface area contributed by atoms with Gasteiger partial charge in [-0.2, -0.15) is 0 Å². The number of halogens is 2. The van der Waals surface area contributed by atoms with Gasteiger partial charge in [-0.05, 0) is 56.0 Å². The Bertz CT molecular complexity index is 1120. The molecular weight excluding hydrogens is 521 g/mol. The number of nitrogens with one attached hydrogen (secondary N) is 2. The van der Waals surface area contributed by atoms with Crippen LogP contribution in [-0.2, 0) is 9.53 Å². The van der Waals surface area contributed by atoms with E-state index in [-0.39, 0.29) is 12.4 Å². The number of rotatable bonds is 6. The molecule has 2 aromatic rings. The topological polar surface area (TPSA) is 78.9 Å². The van der Waals surface area contributed by atoms with Gasteiger partial charge in [-0.15, -0.1) is 11.3 Å². The Hall–Kier alpha value is -2.14. The molecule has 34 heavy (non-hydrogen) atoms. The first-order valence-electron chi connectivity index (χ1n) is 11.5. The third-order valence-corrected chi connectivity index (χ3v) is 8.28. The van der Waals surface area contributed by atoms with Crippen LogP contribution >= 0.6 is 27.3 Å². The molecule has 0 aliphatic carbocycles. The number of aliphatic imine (C=N–C) groups is 1. The number of amidine groups is 1. The summed E-state index contributed by atoms with van der Waals surface area (Å²) in [6, 6.07) is 3.81. The Morgan fingerprint density at radius 2 is 2.15 bits per heavy atom. The van der Waals surface area contributed by atoms with E-state index < -0.39 is 12.0 Å². The summed E-state index contributed by atoms with van der Waals surface area (Å²) in [7, 11) is 0. The maximum atomic E-state index is 13.9. The van der Waals surface area contributed by atoms with Crippen molar-refractivity contribution in [1.29, 1.82) is 0 Å². The van der Waals surface area contributed by atoms with E-state index in [9.17, 15) is 9.18 Å². The summed E-state index contributed by atoms with van der Waals surface area (Å²) in [5, 5.41) is 9.44. The summed E-state index contributed by atoms with van der Waals surface area (Å²) < 4.78 is 19.9. The van der Waals surface area contributed by atoms with Crippen molar-refractivity contribution < 1.29 is 13.9 Å². The van der Waals surface area contributed by atoms with Crippen LogP contribution in [0.3, 0.4) is 0 Å². The van der Waals surface area contributed by atoms with Crippen LogP contribution in [0.5, 0.6) is 0 Å². The second kappa shape index (κ2) is 9.85. The second-order valence-corrected chi connectivity index (χ2v) is 10.7. The average molecular weight is 548 g/mol. The summed E-state index contributed by atoms with van der Waals surface area (Å²) in [4.78, 5) is 24.9. The zero-order valence-electron chi connectivity index (χ0n) is 18.9. The molecule has 10 heteroatoms. The molecule has 0 radical (unpaired) electrons. The molecule has 4 heterocycles. The first kappa shape index (κ1) is 23.6. The molecule has 5 rings (SSSR count). The van der Waals surface area contributed by atoms with E-state index in [0.717, 1.165) is 49.7 Å². The minimum Gasteiger partial charge on any atom is -0.463 e. The van der Waals surface area contributed by atoms with Crippen molar-refractivity contribution in [3.63, 3.8) is 0 Å². The Morgan fingerprint density at radius 1 is 1.35 bits per heavy atom. The number of hydrogen-bond donors (Lipinski definition) is 2. The number of benzene rings is 1. The number of nitrogens with zero attached hydrogens (tertiary/aromatic N) is 3. The zero-order valence-corrected chi connectivity index (χ0v) is 21.3. The fraction of sp³-hybridized carbons (Fsp3) is 0.458. The van der Waals surface area contributed by atoms with Crippen molar-refractivity contribution >= 4 is 39.1 Å². The molecule has 180 valence electrons. The number of thiazole rings is 1. The first-order valence-corrected chi connectivity index (χ1v) is 13.2. The smallest absolute Gasteiger partial charge is 0.338 e. The molecule has 1 unspecified atom stereocenters. The van der Waals surface area contributed by atoms with Crippen molar-refractivity contribution in [3.05, 3.63) is 61.9 Å². The molecular formula is C24H27BrFN5O2S. The van der Waals surface area contributed by atoms with Gasteiger partial charge in [0.2, 0.25) is 0 Å². The monoisotopic (exact) mass is 547 g/mol. The number of carbonyl (C=O) groups is 1. The maximum Gasteiger partial charge on any atom is 0.338 e. The van der Waals surface area contributed by atoms with Gasteiger partial charge in [0.1, 0.15) is 11.9 Å². The fourth-order valence-corrected chi connectivity index (χ4v) is 5.96. The van der Waals surface area contributed by atoms with Crippen LogP contribution in [0.25, 0.3) is 0 Å². The number of hydrogen-bond acceptors (Lipinski definition) is 8. The first-order chi connectivity index (χ1) is 16.5. The van der Waals surface area contributed by atoms with Crippen molar-refractivity contribution in [1.82, 2.24) is 20.5 Å². The lowest BCUT2D eigenvalue weighted by molar-refractivity contribution is -0.139. The molecule has 2 saturated heterocycles. The molecule has 1 atom stereocenters. The Labute approximate surface area is 210 Å². The standard InChI is InChI=1S/C24H27BrFN5O2S/c1-2-33-23(32)19-18(12-31-8-5-24(6-9-31)13-27-14-24)29-21(22-28-7-10-34-22)30-20(19)16-4-3-15(26)11-17(16)25/h3-4,7,10-11,20,27H,2,5-6,8-9,12-14H2,1H3,(H,29,30). The molecule has 1 aromatic heterocycles. The largest absolute Gasteiger partial charge is 0.463 e. The number of ether oxygens (including phenoxy) is 1. The molecule has 0 saturated carbocycles. The van der Waals surface area contributed by atoms with Gasteiger partial charge in [-0.25, -0.2) is 14.2 Å². The number of aromatic nitrogens is 1. The highest BCUT2D eigenvalue weighted by Crippen LogP contribution is 2.38. The van der Waals surface area contributed by atoms with Gasteiger partial charge in [0.15, 0.2) is 10.8 Å². The van der Waals surface area contributed by atoms with Crippen molar-refractivity contribution in [2.75, 3.05) is 39.3 Å². The second-order valence-electron chi connectivity index (χ2n) is 9.00.